The number of rotatable bonds is 7. The molecule has 1 amide bonds. The molecule has 172 valence electrons. The number of carbonyl (C=O) groups is 1. The molecular formula is C23H25N5O2S3. The minimum absolute atomic E-state index is 0.0146. The maximum absolute atomic E-state index is 12.4. The Balaban J connectivity index is 1.36. The largest absolute Gasteiger partial charge is 0.370 e. The second-order valence-electron chi connectivity index (χ2n) is 8.52. The third-order valence-corrected chi connectivity index (χ3v) is 8.28. The SMILES string of the molecule is CSc1nc2sc3c(c2c2nnc(SCC(=O)NCCc4ccccc4)n12)CC(C)(C)OC3. The molecule has 0 saturated carbocycles. The van der Waals surface area contributed by atoms with Crippen molar-refractivity contribution < 1.29 is 9.53 Å². The predicted molar refractivity (Wildman–Crippen MR) is 134 cm³/mol. The number of nitrogens with zero attached hydrogens (tertiary/aromatic N) is 4. The number of aromatic nitrogens is 4. The smallest absolute Gasteiger partial charge is 0.230 e. The summed E-state index contributed by atoms with van der Waals surface area (Å²) in [6.07, 6.45) is 3.63. The van der Waals surface area contributed by atoms with Crippen molar-refractivity contribution in [3.05, 3.63) is 46.3 Å². The van der Waals surface area contributed by atoms with Crippen molar-refractivity contribution in [1.82, 2.24) is 24.9 Å². The standard InChI is InChI=1S/C23H25N5O2S3/c1-23(2)11-15-16(12-30-23)33-20-18(15)19-26-27-22(28(19)21(25-20)31-3)32-13-17(29)24-10-9-14-7-5-4-6-8-14/h4-8H,9-13H2,1-3H3,(H,24,29). The van der Waals surface area contributed by atoms with E-state index in [9.17, 15) is 4.79 Å². The van der Waals surface area contributed by atoms with Crippen LogP contribution < -0.4 is 5.32 Å². The van der Waals surface area contributed by atoms with Crippen LogP contribution in [-0.4, -0.2) is 49.6 Å². The van der Waals surface area contributed by atoms with E-state index in [1.54, 1.807) is 23.1 Å². The van der Waals surface area contributed by atoms with Crippen molar-refractivity contribution in [2.24, 2.45) is 0 Å². The number of benzene rings is 1. The molecule has 0 atom stereocenters. The summed E-state index contributed by atoms with van der Waals surface area (Å²) in [5.74, 6) is 0.267. The molecule has 5 rings (SSSR count). The first-order valence-corrected chi connectivity index (χ1v) is 13.8. The molecule has 1 aromatic carbocycles. The Hall–Kier alpha value is -2.14. The zero-order valence-corrected chi connectivity index (χ0v) is 21.2. The molecule has 4 heterocycles. The number of carbonyl (C=O) groups excluding carboxylic acids is 1. The molecule has 1 aliphatic heterocycles. The topological polar surface area (TPSA) is 81.4 Å². The lowest BCUT2D eigenvalue weighted by molar-refractivity contribution is -0.118. The van der Waals surface area contributed by atoms with Crippen LogP contribution in [-0.2, 0) is 29.0 Å². The van der Waals surface area contributed by atoms with E-state index >= 15 is 0 Å². The number of thioether (sulfide) groups is 2. The van der Waals surface area contributed by atoms with Gasteiger partial charge in [-0.2, -0.15) is 0 Å². The predicted octanol–water partition coefficient (Wildman–Crippen LogP) is 4.36. The zero-order chi connectivity index (χ0) is 23.0. The van der Waals surface area contributed by atoms with E-state index in [0.29, 0.717) is 18.3 Å². The number of hydrogen-bond donors (Lipinski definition) is 1. The second kappa shape index (κ2) is 9.25. The van der Waals surface area contributed by atoms with Gasteiger partial charge in [-0.05, 0) is 37.7 Å². The van der Waals surface area contributed by atoms with Crippen molar-refractivity contribution in [1.29, 1.82) is 0 Å². The van der Waals surface area contributed by atoms with Crippen molar-refractivity contribution in [2.75, 3.05) is 18.6 Å². The fourth-order valence-corrected chi connectivity index (χ4v) is 6.51. The molecule has 0 radical (unpaired) electrons. The number of ether oxygens (including phenoxy) is 1. The number of nitrogens with one attached hydrogen (secondary N) is 1. The summed E-state index contributed by atoms with van der Waals surface area (Å²) in [7, 11) is 0. The van der Waals surface area contributed by atoms with Gasteiger partial charge in [-0.25, -0.2) is 9.38 Å². The lowest BCUT2D eigenvalue weighted by Gasteiger charge is -2.30. The Kier molecular flexibility index (Phi) is 6.34. The van der Waals surface area contributed by atoms with Gasteiger partial charge in [0.25, 0.3) is 0 Å². The highest BCUT2D eigenvalue weighted by Gasteiger charge is 2.31. The molecule has 4 aromatic rings. The van der Waals surface area contributed by atoms with Gasteiger partial charge in [0.15, 0.2) is 16.0 Å². The fraction of sp³-hybridized carbons (Fsp3) is 0.391. The van der Waals surface area contributed by atoms with E-state index in [-0.39, 0.29) is 17.3 Å². The Morgan fingerprint density at radius 1 is 1.24 bits per heavy atom. The van der Waals surface area contributed by atoms with E-state index < -0.39 is 0 Å². The zero-order valence-electron chi connectivity index (χ0n) is 18.8. The quantitative estimate of drug-likeness (QED) is 0.299. The van der Waals surface area contributed by atoms with Gasteiger partial charge in [0.05, 0.1) is 23.3 Å². The summed E-state index contributed by atoms with van der Waals surface area (Å²) >= 11 is 4.63. The molecule has 1 N–H and O–H groups in total. The van der Waals surface area contributed by atoms with Crippen molar-refractivity contribution in [3.63, 3.8) is 0 Å². The summed E-state index contributed by atoms with van der Waals surface area (Å²) in [6.45, 7) is 5.44. The van der Waals surface area contributed by atoms with E-state index in [1.165, 1.54) is 27.8 Å². The third kappa shape index (κ3) is 4.62. The highest BCUT2D eigenvalue weighted by atomic mass is 32.2. The number of hydrogen-bond acceptors (Lipinski definition) is 8. The van der Waals surface area contributed by atoms with Gasteiger partial charge in [-0.15, -0.1) is 21.5 Å². The molecule has 33 heavy (non-hydrogen) atoms. The van der Waals surface area contributed by atoms with Crippen LogP contribution in [0.3, 0.4) is 0 Å². The van der Waals surface area contributed by atoms with E-state index in [4.69, 9.17) is 9.72 Å². The highest BCUT2D eigenvalue weighted by Crippen LogP contribution is 2.41. The first-order valence-electron chi connectivity index (χ1n) is 10.8. The van der Waals surface area contributed by atoms with Gasteiger partial charge < -0.3 is 10.1 Å². The van der Waals surface area contributed by atoms with Crippen LogP contribution in [0.4, 0.5) is 0 Å². The van der Waals surface area contributed by atoms with Crippen LogP contribution in [0.15, 0.2) is 40.6 Å². The van der Waals surface area contributed by atoms with Crippen LogP contribution in [0, 0.1) is 0 Å². The lowest BCUT2D eigenvalue weighted by Crippen LogP contribution is -2.31. The van der Waals surface area contributed by atoms with Gasteiger partial charge in [0.2, 0.25) is 5.91 Å². The Labute approximate surface area is 204 Å². The van der Waals surface area contributed by atoms with E-state index in [0.717, 1.165) is 33.9 Å². The Morgan fingerprint density at radius 2 is 2.06 bits per heavy atom. The molecule has 0 fully saturated rings. The molecule has 1 aliphatic rings. The number of amides is 1. The second-order valence-corrected chi connectivity index (χ2v) is 11.3. The van der Waals surface area contributed by atoms with Gasteiger partial charge in [0.1, 0.15) is 4.83 Å². The highest BCUT2D eigenvalue weighted by molar-refractivity contribution is 8.00. The molecule has 3 aromatic heterocycles. The summed E-state index contributed by atoms with van der Waals surface area (Å²) in [4.78, 5) is 19.5. The summed E-state index contributed by atoms with van der Waals surface area (Å²) < 4.78 is 8.00. The van der Waals surface area contributed by atoms with Gasteiger partial charge >= 0.3 is 0 Å². The molecule has 0 aliphatic carbocycles. The minimum atomic E-state index is -0.217. The van der Waals surface area contributed by atoms with Crippen LogP contribution in [0.1, 0.15) is 29.9 Å². The number of fused-ring (bicyclic) bond motifs is 5. The van der Waals surface area contributed by atoms with Crippen LogP contribution in [0.5, 0.6) is 0 Å². The Bertz CT molecular complexity index is 1320. The maximum atomic E-state index is 12.4. The average molecular weight is 500 g/mol. The van der Waals surface area contributed by atoms with Gasteiger partial charge in [-0.1, -0.05) is 53.9 Å². The van der Waals surface area contributed by atoms with Crippen molar-refractivity contribution in [2.45, 2.75) is 49.2 Å². The molecule has 10 heteroatoms. The first kappa shape index (κ1) is 22.6. The first-order chi connectivity index (χ1) is 15.9. The molecule has 0 saturated heterocycles. The lowest BCUT2D eigenvalue weighted by atomic mass is 9.94. The molecule has 0 bridgehead atoms. The van der Waals surface area contributed by atoms with Gasteiger partial charge in [-0.3, -0.25) is 4.79 Å². The maximum Gasteiger partial charge on any atom is 0.230 e. The van der Waals surface area contributed by atoms with Crippen molar-refractivity contribution in [3.8, 4) is 0 Å². The summed E-state index contributed by atoms with van der Waals surface area (Å²) in [5.41, 5.74) is 3.07. The molecule has 0 spiro atoms. The number of thiophene rings is 1. The molecule has 7 nitrogen and oxygen atoms in total. The fourth-order valence-electron chi connectivity index (χ4n) is 3.99. The monoisotopic (exact) mass is 499 g/mol. The summed E-state index contributed by atoms with van der Waals surface area (Å²) in [6, 6.07) is 10.1. The van der Waals surface area contributed by atoms with Crippen molar-refractivity contribution >= 4 is 56.6 Å². The normalized spacial score (nSPS) is 15.1. The molecule has 0 unspecified atom stereocenters. The minimum Gasteiger partial charge on any atom is -0.370 e. The van der Waals surface area contributed by atoms with Crippen LogP contribution in [0.25, 0.3) is 15.9 Å². The average Bonchev–Trinajstić information content (AvgIpc) is 3.38. The summed E-state index contributed by atoms with van der Waals surface area (Å²) in [5, 5.41) is 14.5. The van der Waals surface area contributed by atoms with Gasteiger partial charge in [0, 0.05) is 17.8 Å². The van der Waals surface area contributed by atoms with Crippen LogP contribution in [0.2, 0.25) is 0 Å². The Morgan fingerprint density at radius 3 is 2.85 bits per heavy atom. The van der Waals surface area contributed by atoms with E-state index in [2.05, 4.69) is 41.5 Å². The molecular weight excluding hydrogens is 474 g/mol. The third-order valence-electron chi connectivity index (χ3n) is 5.61. The van der Waals surface area contributed by atoms with Crippen LogP contribution >= 0.6 is 34.9 Å². The van der Waals surface area contributed by atoms with E-state index in [1.807, 2.05) is 28.9 Å².